The third kappa shape index (κ3) is 4.31. The molecule has 1 aliphatic heterocycles. The zero-order valence-corrected chi connectivity index (χ0v) is 19.8. The molecule has 0 aliphatic carbocycles. The fraction of sp³-hybridized carbons (Fsp3) is 0.259. The number of hydrogen-bond acceptors (Lipinski definition) is 5. The zero-order valence-electron chi connectivity index (χ0n) is 19.0. The highest BCUT2D eigenvalue weighted by Gasteiger charge is 2.47. The van der Waals surface area contributed by atoms with Gasteiger partial charge in [-0.2, -0.15) is 0 Å². The predicted octanol–water partition coefficient (Wildman–Crippen LogP) is 6.03. The fourth-order valence-corrected chi connectivity index (χ4v) is 4.86. The Hall–Kier alpha value is -3.38. The van der Waals surface area contributed by atoms with Crippen LogP contribution in [0.4, 0.5) is 5.69 Å². The van der Waals surface area contributed by atoms with Crippen LogP contribution in [-0.2, 0) is 16.0 Å². The van der Waals surface area contributed by atoms with Crippen LogP contribution in [0, 0.1) is 6.92 Å². The minimum absolute atomic E-state index is 0.101. The molecule has 4 rings (SSSR count). The summed E-state index contributed by atoms with van der Waals surface area (Å²) in [4.78, 5) is 28.7. The number of rotatable bonds is 7. The minimum atomic E-state index is -0.686. The Labute approximate surface area is 197 Å². The number of amides is 1. The molecule has 0 radical (unpaired) electrons. The van der Waals surface area contributed by atoms with Crippen molar-refractivity contribution < 1.29 is 19.4 Å². The average molecular weight is 462 g/mol. The highest BCUT2D eigenvalue weighted by atomic mass is 32.1. The summed E-state index contributed by atoms with van der Waals surface area (Å²) < 4.78 is 5.73. The molecule has 1 aliphatic rings. The first-order valence-corrected chi connectivity index (χ1v) is 12.0. The molecule has 0 spiro atoms. The van der Waals surface area contributed by atoms with Gasteiger partial charge in [-0.25, -0.2) is 0 Å². The van der Waals surface area contributed by atoms with Gasteiger partial charge in [0.05, 0.1) is 12.2 Å². The maximum absolute atomic E-state index is 13.2. The average Bonchev–Trinajstić information content (AvgIpc) is 3.45. The lowest BCUT2D eigenvalue weighted by atomic mass is 9.98. The second kappa shape index (κ2) is 9.63. The number of carbonyl (C=O) groups excluding carboxylic acids is 2. The molecule has 1 aromatic heterocycles. The van der Waals surface area contributed by atoms with E-state index in [1.165, 1.54) is 16.2 Å². The summed E-state index contributed by atoms with van der Waals surface area (Å²) in [5, 5.41) is 13.2. The van der Waals surface area contributed by atoms with E-state index < -0.39 is 17.7 Å². The number of aliphatic hydroxyl groups is 1. The topological polar surface area (TPSA) is 66.8 Å². The van der Waals surface area contributed by atoms with Gasteiger partial charge in [0, 0.05) is 16.1 Å². The molecule has 33 heavy (non-hydrogen) atoms. The number of aryl methyl sites for hydroxylation is 2. The van der Waals surface area contributed by atoms with Gasteiger partial charge in [-0.1, -0.05) is 32.0 Å². The number of ketones is 1. The van der Waals surface area contributed by atoms with Crippen LogP contribution in [-0.4, -0.2) is 23.4 Å². The first kappa shape index (κ1) is 22.8. The Morgan fingerprint density at radius 3 is 2.45 bits per heavy atom. The molecular weight excluding hydrogens is 434 g/mol. The first-order valence-electron chi connectivity index (χ1n) is 11.1. The molecule has 1 unspecified atom stereocenters. The first-order chi connectivity index (χ1) is 16.0. The summed E-state index contributed by atoms with van der Waals surface area (Å²) in [6.07, 6.45) is 1.77. The largest absolute Gasteiger partial charge is 0.507 e. The molecule has 5 nitrogen and oxygen atoms in total. The van der Waals surface area contributed by atoms with Crippen molar-refractivity contribution in [3.63, 3.8) is 0 Å². The number of thiophene rings is 1. The Kier molecular flexibility index (Phi) is 6.65. The summed E-state index contributed by atoms with van der Waals surface area (Å²) in [6.45, 7) is 6.60. The summed E-state index contributed by atoms with van der Waals surface area (Å²) in [5.74, 6) is -0.766. The third-order valence-corrected chi connectivity index (χ3v) is 6.71. The molecule has 2 heterocycles. The van der Waals surface area contributed by atoms with Crippen LogP contribution in [0.5, 0.6) is 5.75 Å². The van der Waals surface area contributed by atoms with Gasteiger partial charge < -0.3 is 9.84 Å². The number of anilines is 1. The maximum atomic E-state index is 13.2. The van der Waals surface area contributed by atoms with Crippen molar-refractivity contribution in [3.8, 4) is 5.75 Å². The molecule has 0 saturated carbocycles. The van der Waals surface area contributed by atoms with Crippen LogP contribution in [0.15, 0.2) is 65.6 Å². The van der Waals surface area contributed by atoms with Gasteiger partial charge in [-0.05, 0) is 72.7 Å². The van der Waals surface area contributed by atoms with E-state index in [4.69, 9.17) is 4.74 Å². The Balaban J connectivity index is 1.82. The third-order valence-electron chi connectivity index (χ3n) is 5.79. The van der Waals surface area contributed by atoms with Crippen LogP contribution < -0.4 is 9.64 Å². The van der Waals surface area contributed by atoms with Crippen molar-refractivity contribution >= 4 is 34.5 Å². The zero-order chi connectivity index (χ0) is 23.5. The molecule has 0 bridgehead atoms. The van der Waals surface area contributed by atoms with Gasteiger partial charge in [-0.3, -0.25) is 14.5 Å². The number of carbonyl (C=O) groups is 2. The lowest BCUT2D eigenvalue weighted by molar-refractivity contribution is -0.132. The van der Waals surface area contributed by atoms with Gasteiger partial charge in [-0.15, -0.1) is 11.3 Å². The number of nitrogens with zero attached hydrogens (tertiary/aromatic N) is 1. The molecule has 1 amide bonds. The molecular formula is C27H27NO4S. The van der Waals surface area contributed by atoms with Gasteiger partial charge in [0.25, 0.3) is 11.7 Å². The van der Waals surface area contributed by atoms with E-state index in [-0.39, 0.29) is 11.3 Å². The molecule has 1 atom stereocenters. The van der Waals surface area contributed by atoms with Crippen LogP contribution in [0.1, 0.15) is 47.9 Å². The van der Waals surface area contributed by atoms with Crippen molar-refractivity contribution in [1.29, 1.82) is 0 Å². The van der Waals surface area contributed by atoms with E-state index in [0.29, 0.717) is 17.9 Å². The van der Waals surface area contributed by atoms with Gasteiger partial charge in [0.15, 0.2) is 0 Å². The summed E-state index contributed by atoms with van der Waals surface area (Å²) in [6, 6.07) is 16.0. The molecule has 1 fully saturated rings. The monoisotopic (exact) mass is 461 g/mol. The van der Waals surface area contributed by atoms with Gasteiger partial charge >= 0.3 is 0 Å². The second-order valence-electron chi connectivity index (χ2n) is 8.03. The molecule has 1 saturated heterocycles. The van der Waals surface area contributed by atoms with E-state index in [1.807, 2.05) is 55.6 Å². The predicted molar refractivity (Wildman–Crippen MR) is 132 cm³/mol. The van der Waals surface area contributed by atoms with Crippen molar-refractivity contribution in [1.82, 2.24) is 0 Å². The fourth-order valence-electron chi connectivity index (χ4n) is 4.03. The quantitative estimate of drug-likeness (QED) is 0.265. The molecule has 6 heteroatoms. The van der Waals surface area contributed by atoms with Crippen molar-refractivity contribution in [3.05, 3.63) is 87.1 Å². The van der Waals surface area contributed by atoms with Crippen LogP contribution >= 0.6 is 11.3 Å². The smallest absolute Gasteiger partial charge is 0.300 e. The van der Waals surface area contributed by atoms with E-state index in [2.05, 4.69) is 6.92 Å². The number of Topliss-reactive ketones (excluding diaryl/α,β-unsaturated/α-hetero) is 1. The summed E-state index contributed by atoms with van der Waals surface area (Å²) >= 11 is 1.45. The van der Waals surface area contributed by atoms with E-state index in [9.17, 15) is 14.7 Å². The maximum Gasteiger partial charge on any atom is 0.300 e. The van der Waals surface area contributed by atoms with E-state index in [0.717, 1.165) is 34.6 Å². The molecule has 1 N–H and O–H groups in total. The molecule has 170 valence electrons. The minimum Gasteiger partial charge on any atom is -0.507 e. The number of aliphatic hydroxyl groups excluding tert-OH is 1. The van der Waals surface area contributed by atoms with Crippen molar-refractivity contribution in [2.45, 2.75) is 39.7 Å². The highest BCUT2D eigenvalue weighted by Crippen LogP contribution is 2.43. The van der Waals surface area contributed by atoms with Crippen molar-refractivity contribution in [2.24, 2.45) is 0 Å². The number of benzene rings is 2. The van der Waals surface area contributed by atoms with Gasteiger partial charge in [0.2, 0.25) is 0 Å². The lowest BCUT2D eigenvalue weighted by Crippen LogP contribution is -2.29. The second-order valence-corrected chi connectivity index (χ2v) is 9.01. The van der Waals surface area contributed by atoms with Crippen LogP contribution in [0.25, 0.3) is 5.76 Å². The number of hydrogen-bond donors (Lipinski definition) is 1. The summed E-state index contributed by atoms with van der Waals surface area (Å²) in [5.41, 5.74) is 3.21. The van der Waals surface area contributed by atoms with Crippen molar-refractivity contribution in [2.75, 3.05) is 11.5 Å². The molecule has 3 aromatic rings. The summed E-state index contributed by atoms with van der Waals surface area (Å²) in [7, 11) is 0. The van der Waals surface area contributed by atoms with Gasteiger partial charge in [0.1, 0.15) is 17.6 Å². The SMILES string of the molecule is CCCOc1ccc(/C(O)=C2/C(=O)C(=O)N(c3ccc(CC)cc3)C2c2cccs2)cc1C. The Bertz CT molecular complexity index is 1200. The highest BCUT2D eigenvalue weighted by molar-refractivity contribution is 7.10. The van der Waals surface area contributed by atoms with Crippen LogP contribution in [0.2, 0.25) is 0 Å². The standard InChI is InChI=1S/C27H27NO4S/c1-4-14-32-21-13-10-19(16-17(21)3)25(29)23-24(22-7-6-15-33-22)28(27(31)26(23)30)20-11-8-18(5-2)9-12-20/h6-13,15-16,24,29H,4-5,14H2,1-3H3/b25-23-. The Morgan fingerprint density at radius 2 is 1.85 bits per heavy atom. The van der Waals surface area contributed by atoms with E-state index >= 15 is 0 Å². The Morgan fingerprint density at radius 1 is 1.09 bits per heavy atom. The number of ether oxygens (including phenoxy) is 1. The van der Waals surface area contributed by atoms with E-state index in [1.54, 1.807) is 18.2 Å². The lowest BCUT2D eigenvalue weighted by Gasteiger charge is -2.24. The van der Waals surface area contributed by atoms with Crippen LogP contribution in [0.3, 0.4) is 0 Å². The molecule has 2 aromatic carbocycles. The normalized spacial score (nSPS) is 17.5.